The van der Waals surface area contributed by atoms with Crippen LogP contribution in [0.5, 0.6) is 0 Å². The van der Waals surface area contributed by atoms with Crippen LogP contribution in [-0.2, 0) is 0 Å². The zero-order valence-corrected chi connectivity index (χ0v) is 23.5. The fourth-order valence-electron chi connectivity index (χ4n) is 4.61. The average molecular weight is 474 g/mol. The summed E-state index contributed by atoms with van der Waals surface area (Å²) in [5, 5.41) is 0. The van der Waals surface area contributed by atoms with Crippen molar-refractivity contribution >= 4 is 33.7 Å². The van der Waals surface area contributed by atoms with Crippen LogP contribution < -0.4 is 0 Å². The molecule has 0 aliphatic carbocycles. The van der Waals surface area contributed by atoms with Crippen LogP contribution in [0, 0.1) is 41.5 Å². The van der Waals surface area contributed by atoms with Crippen molar-refractivity contribution in [2.75, 3.05) is 0 Å². The van der Waals surface area contributed by atoms with Crippen LogP contribution in [0.3, 0.4) is 0 Å². The molecule has 0 fully saturated rings. The predicted octanol–water partition coefficient (Wildman–Crippen LogP) is 8.82. The third kappa shape index (κ3) is 5.13. The molecule has 0 aliphatic rings. The zero-order chi connectivity index (χ0) is 21.5. The SMILES string of the molecule is Cc1cc(C)c(-c2cccc(-c3c(C)cc(C)cc3C)c2[N-][Si](C)(C)C)c(C)c1.[Ga].[HH].[HH]. The van der Waals surface area contributed by atoms with Gasteiger partial charge in [-0.3, -0.25) is 0 Å². The molecule has 0 unspecified atom stereocenters. The van der Waals surface area contributed by atoms with E-state index in [1.807, 2.05) is 0 Å². The van der Waals surface area contributed by atoms with Crippen molar-refractivity contribution in [1.82, 2.24) is 0 Å². The monoisotopic (exact) mass is 473 g/mol. The molecule has 3 heteroatoms. The molecule has 3 rings (SSSR count). The summed E-state index contributed by atoms with van der Waals surface area (Å²) >= 11 is 0. The van der Waals surface area contributed by atoms with Crippen molar-refractivity contribution in [3.63, 3.8) is 0 Å². The largest absolute Gasteiger partial charge is 0.686 e. The van der Waals surface area contributed by atoms with E-state index >= 15 is 0 Å². The first kappa shape index (κ1) is 24.6. The van der Waals surface area contributed by atoms with E-state index in [1.165, 1.54) is 55.6 Å². The molecule has 3 aromatic rings. The molecule has 3 radical (unpaired) electrons. The van der Waals surface area contributed by atoms with E-state index in [4.69, 9.17) is 4.98 Å². The predicted molar refractivity (Wildman–Crippen MR) is 142 cm³/mol. The van der Waals surface area contributed by atoms with Crippen LogP contribution in [0.2, 0.25) is 19.6 Å². The van der Waals surface area contributed by atoms with E-state index in [0.29, 0.717) is 0 Å². The maximum absolute atomic E-state index is 5.39. The van der Waals surface area contributed by atoms with E-state index < -0.39 is 8.24 Å². The number of rotatable bonds is 4. The molecule has 0 heterocycles. The molecular formula is C27H38GaNSi-. The Balaban J connectivity index is 0.00000320. The van der Waals surface area contributed by atoms with Gasteiger partial charge in [-0.2, -0.15) is 0 Å². The molecule has 159 valence electrons. The van der Waals surface area contributed by atoms with Gasteiger partial charge in [-0.25, -0.2) is 0 Å². The Kier molecular flexibility index (Phi) is 7.55. The van der Waals surface area contributed by atoms with Gasteiger partial charge in [-0.1, -0.05) is 73.2 Å². The first-order valence-electron chi connectivity index (χ1n) is 10.5. The second-order valence-corrected chi connectivity index (χ2v) is 14.1. The molecule has 0 spiro atoms. The number of hydrogen-bond acceptors (Lipinski definition) is 0. The summed E-state index contributed by atoms with van der Waals surface area (Å²) in [4.78, 5) is 5.39. The number of hydrogen-bond donors (Lipinski definition) is 0. The normalized spacial score (nSPS) is 11.2. The number of aryl methyl sites for hydroxylation is 6. The molecule has 0 atom stereocenters. The molecule has 0 saturated heterocycles. The van der Waals surface area contributed by atoms with Crippen LogP contribution in [0.4, 0.5) is 5.69 Å². The molecule has 0 aliphatic heterocycles. The Labute approximate surface area is 200 Å². The van der Waals surface area contributed by atoms with E-state index in [0.717, 1.165) is 5.69 Å². The average Bonchev–Trinajstić information content (AvgIpc) is 2.54. The summed E-state index contributed by atoms with van der Waals surface area (Å²) in [6.45, 7) is 20.2. The van der Waals surface area contributed by atoms with E-state index in [-0.39, 0.29) is 22.6 Å². The van der Waals surface area contributed by atoms with Gasteiger partial charge in [0.25, 0.3) is 0 Å². The van der Waals surface area contributed by atoms with Gasteiger partial charge in [0.2, 0.25) is 0 Å². The first-order valence-corrected chi connectivity index (χ1v) is 13.9. The van der Waals surface area contributed by atoms with Gasteiger partial charge in [0, 0.05) is 22.6 Å². The Hall–Kier alpha value is -1.69. The molecule has 30 heavy (non-hydrogen) atoms. The Morgan fingerprint density at radius 2 is 0.967 bits per heavy atom. The molecular weight excluding hydrogens is 436 g/mol. The van der Waals surface area contributed by atoms with E-state index in [1.54, 1.807) is 0 Å². The van der Waals surface area contributed by atoms with Crippen LogP contribution >= 0.6 is 0 Å². The second-order valence-electron chi connectivity index (χ2n) is 9.53. The van der Waals surface area contributed by atoms with Crippen molar-refractivity contribution in [3.8, 4) is 22.3 Å². The van der Waals surface area contributed by atoms with Crippen LogP contribution in [0.25, 0.3) is 27.2 Å². The van der Waals surface area contributed by atoms with Gasteiger partial charge < -0.3 is 4.98 Å². The fourth-order valence-corrected chi connectivity index (χ4v) is 5.52. The summed E-state index contributed by atoms with van der Waals surface area (Å²) in [7, 11) is -1.69. The van der Waals surface area contributed by atoms with Gasteiger partial charge >= 0.3 is 0 Å². The van der Waals surface area contributed by atoms with Crippen LogP contribution in [-0.4, -0.2) is 28.0 Å². The van der Waals surface area contributed by atoms with Gasteiger partial charge in [0.1, 0.15) is 0 Å². The quantitative estimate of drug-likeness (QED) is 0.336. The Morgan fingerprint density at radius 3 is 1.27 bits per heavy atom. The summed E-state index contributed by atoms with van der Waals surface area (Å²) < 4.78 is 0. The van der Waals surface area contributed by atoms with Gasteiger partial charge in [0.05, 0.1) is 0 Å². The van der Waals surface area contributed by atoms with Crippen molar-refractivity contribution in [2.45, 2.75) is 61.2 Å². The molecule has 3 aromatic carbocycles. The fraction of sp³-hybridized carbons (Fsp3) is 0.333. The van der Waals surface area contributed by atoms with Crippen molar-refractivity contribution < 1.29 is 2.85 Å². The van der Waals surface area contributed by atoms with Crippen molar-refractivity contribution in [3.05, 3.63) is 80.8 Å². The van der Waals surface area contributed by atoms with E-state index in [9.17, 15) is 0 Å². The summed E-state index contributed by atoms with van der Waals surface area (Å²) in [5.74, 6) is 0. The molecule has 0 aromatic heterocycles. The van der Waals surface area contributed by atoms with E-state index in [2.05, 4.69) is 104 Å². The molecule has 0 saturated carbocycles. The van der Waals surface area contributed by atoms with Crippen LogP contribution in [0.15, 0.2) is 42.5 Å². The first-order chi connectivity index (χ1) is 13.5. The minimum absolute atomic E-state index is 0. The maximum Gasteiger partial charge on any atom is 0 e. The smallest absolute Gasteiger partial charge is 0 e. The van der Waals surface area contributed by atoms with Crippen LogP contribution in [0.1, 0.15) is 36.2 Å². The second kappa shape index (κ2) is 9.21. The molecule has 0 bridgehead atoms. The third-order valence-electron chi connectivity index (χ3n) is 5.38. The minimum Gasteiger partial charge on any atom is -0.686 e. The van der Waals surface area contributed by atoms with Gasteiger partial charge in [0.15, 0.2) is 0 Å². The molecule has 0 N–H and O–H groups in total. The van der Waals surface area contributed by atoms with Gasteiger partial charge in [-0.15, -0.1) is 5.69 Å². The maximum atomic E-state index is 5.39. The van der Waals surface area contributed by atoms with Crippen molar-refractivity contribution in [1.29, 1.82) is 0 Å². The zero-order valence-electron chi connectivity index (χ0n) is 20.1. The Bertz CT molecular complexity index is 966. The standard InChI is InChI=1S/C27H34NSi.Ga.2H2/c1-17-13-19(3)25(20(4)14-17)23-11-10-12-24(27(23)28-29(7,8)9)26-21(5)15-18(2)16-22(26)6;;;/h10-16H,1-9H3;;2*1H/q-1;;;. The summed E-state index contributed by atoms with van der Waals surface area (Å²) in [6.07, 6.45) is 0. The van der Waals surface area contributed by atoms with Crippen molar-refractivity contribution in [2.24, 2.45) is 0 Å². The number of benzene rings is 3. The van der Waals surface area contributed by atoms with Gasteiger partial charge in [-0.05, 0) is 94.3 Å². The minimum atomic E-state index is -1.69. The number of nitrogens with zero attached hydrogens (tertiary/aromatic N) is 1. The Morgan fingerprint density at radius 1 is 0.633 bits per heavy atom. The molecule has 1 nitrogen and oxygen atoms in total. The summed E-state index contributed by atoms with van der Waals surface area (Å²) in [5.41, 5.74) is 14.3. The summed E-state index contributed by atoms with van der Waals surface area (Å²) in [6, 6.07) is 15.9. The molecule has 0 amide bonds. The topological polar surface area (TPSA) is 14.1 Å². The third-order valence-corrected chi connectivity index (χ3v) is 6.27.